The molecule has 0 saturated heterocycles. The highest BCUT2D eigenvalue weighted by molar-refractivity contribution is 7.81. The van der Waals surface area contributed by atoms with Crippen molar-refractivity contribution >= 4 is 12.6 Å². The van der Waals surface area contributed by atoms with Crippen LogP contribution in [-0.4, -0.2) is 10.8 Å². The third kappa shape index (κ3) is 2.18. The minimum atomic E-state index is 0.274. The van der Waals surface area contributed by atoms with Gasteiger partial charge in [0, 0.05) is 10.8 Å². The molecule has 0 radical (unpaired) electrons. The lowest BCUT2D eigenvalue weighted by Gasteiger charge is -2.31. The average Bonchev–Trinajstić information content (AvgIpc) is 1.78. The molecule has 0 aromatic heterocycles. The van der Waals surface area contributed by atoms with Crippen LogP contribution in [-0.2, 0) is 0 Å². The molecule has 54 valence electrons. The number of nitrogens with two attached hydrogens (primary N) is 1. The van der Waals surface area contributed by atoms with Crippen LogP contribution in [0.2, 0.25) is 0 Å². The average molecular weight is 145 g/mol. The van der Waals surface area contributed by atoms with Crippen molar-refractivity contribution in [1.29, 1.82) is 0 Å². The van der Waals surface area contributed by atoms with Crippen LogP contribution in [0.5, 0.6) is 0 Å². The summed E-state index contributed by atoms with van der Waals surface area (Å²) in [4.78, 5) is 0. The predicted molar refractivity (Wildman–Crippen MR) is 43.8 cm³/mol. The molecule has 1 rings (SSSR count). The van der Waals surface area contributed by atoms with E-state index in [0.717, 1.165) is 12.8 Å². The largest absolute Gasteiger partial charge is 0.328 e. The van der Waals surface area contributed by atoms with Crippen LogP contribution in [0.15, 0.2) is 0 Å². The van der Waals surface area contributed by atoms with E-state index in [1.54, 1.807) is 0 Å². The van der Waals surface area contributed by atoms with Gasteiger partial charge in [0.2, 0.25) is 0 Å². The fraction of sp³-hybridized carbons (Fsp3) is 1.00. The topological polar surface area (TPSA) is 26.0 Å². The summed E-state index contributed by atoms with van der Waals surface area (Å²) in [5.74, 6) is 0. The Labute approximate surface area is 62.4 Å². The first-order valence-electron chi connectivity index (χ1n) is 3.58. The van der Waals surface area contributed by atoms with Crippen molar-refractivity contribution in [2.75, 3.05) is 0 Å². The van der Waals surface area contributed by atoms with Gasteiger partial charge in [-0.05, 0) is 25.7 Å². The summed E-state index contributed by atoms with van der Waals surface area (Å²) >= 11 is 4.50. The van der Waals surface area contributed by atoms with Crippen LogP contribution < -0.4 is 5.73 Å². The van der Waals surface area contributed by atoms with Gasteiger partial charge in [0.05, 0.1) is 0 Å². The molecule has 0 aromatic carbocycles. The Morgan fingerprint density at radius 1 is 1.44 bits per heavy atom. The lowest BCUT2D eigenvalue weighted by atomic mass is 9.87. The molecule has 0 spiro atoms. The molecule has 0 aromatic rings. The molecule has 2 heteroatoms. The van der Waals surface area contributed by atoms with Crippen molar-refractivity contribution in [3.05, 3.63) is 0 Å². The second-order valence-corrected chi connectivity index (χ2v) is 4.41. The van der Waals surface area contributed by atoms with Crippen LogP contribution in [0.3, 0.4) is 0 Å². The maximum Gasteiger partial charge on any atom is 0.0103 e. The Balaban J connectivity index is 2.35. The van der Waals surface area contributed by atoms with E-state index in [0.29, 0.717) is 6.04 Å². The van der Waals surface area contributed by atoms with Gasteiger partial charge >= 0.3 is 0 Å². The highest BCUT2D eigenvalue weighted by atomic mass is 32.1. The zero-order valence-electron chi connectivity index (χ0n) is 5.93. The zero-order valence-corrected chi connectivity index (χ0v) is 6.82. The Bertz CT molecular complexity index is 91.1. The van der Waals surface area contributed by atoms with Gasteiger partial charge in [0.15, 0.2) is 0 Å². The molecule has 1 fully saturated rings. The Morgan fingerprint density at radius 2 is 1.89 bits per heavy atom. The van der Waals surface area contributed by atoms with Crippen LogP contribution in [0.4, 0.5) is 0 Å². The van der Waals surface area contributed by atoms with Gasteiger partial charge in [-0.15, -0.1) is 0 Å². The maximum atomic E-state index is 5.72. The normalized spacial score (nSPS) is 45.0. The molecule has 2 N–H and O–H groups in total. The summed E-state index contributed by atoms with van der Waals surface area (Å²) in [6, 6.07) is 0.449. The maximum absolute atomic E-state index is 5.72. The number of rotatable bonds is 0. The van der Waals surface area contributed by atoms with E-state index < -0.39 is 0 Å². The zero-order chi connectivity index (χ0) is 6.91. The first kappa shape index (κ1) is 7.42. The highest BCUT2D eigenvalue weighted by Gasteiger charge is 2.25. The standard InChI is InChI=1S/C7H15NS/c1-7(9)4-2-6(8)3-5-7/h6,9H,2-5,8H2,1H3. The van der Waals surface area contributed by atoms with E-state index in [-0.39, 0.29) is 4.75 Å². The first-order valence-corrected chi connectivity index (χ1v) is 4.03. The fourth-order valence-electron chi connectivity index (χ4n) is 1.26. The summed E-state index contributed by atoms with van der Waals surface area (Å²) in [5.41, 5.74) is 5.72. The molecule has 1 aliphatic rings. The van der Waals surface area contributed by atoms with Gasteiger partial charge < -0.3 is 5.73 Å². The quantitative estimate of drug-likeness (QED) is 0.497. The minimum Gasteiger partial charge on any atom is -0.328 e. The SMILES string of the molecule is CC1(S)CCC(N)CC1. The predicted octanol–water partition coefficient (Wildman–Crippen LogP) is 1.58. The van der Waals surface area contributed by atoms with Crippen LogP contribution in [0.1, 0.15) is 32.6 Å². The summed E-state index contributed by atoms with van der Waals surface area (Å²) < 4.78 is 0.274. The molecule has 9 heavy (non-hydrogen) atoms. The van der Waals surface area contributed by atoms with Crippen molar-refractivity contribution in [3.8, 4) is 0 Å². The molecule has 0 atom stereocenters. The van der Waals surface area contributed by atoms with Crippen molar-refractivity contribution < 1.29 is 0 Å². The third-order valence-corrected chi connectivity index (χ3v) is 2.55. The second-order valence-electron chi connectivity index (χ2n) is 3.33. The van der Waals surface area contributed by atoms with Crippen LogP contribution >= 0.6 is 12.6 Å². The first-order chi connectivity index (χ1) is 4.10. The highest BCUT2D eigenvalue weighted by Crippen LogP contribution is 2.32. The molecule has 0 aliphatic heterocycles. The third-order valence-electron chi connectivity index (χ3n) is 2.11. The molecule has 0 unspecified atom stereocenters. The summed E-state index contributed by atoms with van der Waals surface area (Å²) in [5, 5.41) is 0. The van der Waals surface area contributed by atoms with E-state index in [1.165, 1.54) is 12.8 Å². The van der Waals surface area contributed by atoms with E-state index in [1.807, 2.05) is 0 Å². The minimum absolute atomic E-state index is 0.274. The van der Waals surface area contributed by atoms with Crippen molar-refractivity contribution in [3.63, 3.8) is 0 Å². The molecule has 0 amide bonds. The summed E-state index contributed by atoms with van der Waals surface area (Å²) in [7, 11) is 0. The van der Waals surface area contributed by atoms with Crippen molar-refractivity contribution in [2.45, 2.75) is 43.4 Å². The molecule has 0 heterocycles. The van der Waals surface area contributed by atoms with Crippen LogP contribution in [0, 0.1) is 0 Å². The number of hydrogen-bond acceptors (Lipinski definition) is 2. The van der Waals surface area contributed by atoms with E-state index in [9.17, 15) is 0 Å². The Morgan fingerprint density at radius 3 is 2.22 bits per heavy atom. The summed E-state index contributed by atoms with van der Waals surface area (Å²) in [6.07, 6.45) is 4.66. The molecule has 0 bridgehead atoms. The Kier molecular flexibility index (Phi) is 2.07. The van der Waals surface area contributed by atoms with Crippen molar-refractivity contribution in [2.24, 2.45) is 5.73 Å². The van der Waals surface area contributed by atoms with Crippen LogP contribution in [0.25, 0.3) is 0 Å². The van der Waals surface area contributed by atoms with Crippen molar-refractivity contribution in [1.82, 2.24) is 0 Å². The summed E-state index contributed by atoms with van der Waals surface area (Å²) in [6.45, 7) is 2.20. The van der Waals surface area contributed by atoms with E-state index in [2.05, 4.69) is 19.6 Å². The van der Waals surface area contributed by atoms with Gasteiger partial charge in [-0.1, -0.05) is 6.92 Å². The van der Waals surface area contributed by atoms with E-state index in [4.69, 9.17) is 5.73 Å². The lowest BCUT2D eigenvalue weighted by Crippen LogP contribution is -2.32. The van der Waals surface area contributed by atoms with E-state index >= 15 is 0 Å². The smallest absolute Gasteiger partial charge is 0.0103 e. The molecule has 1 nitrogen and oxygen atoms in total. The second kappa shape index (κ2) is 2.51. The number of hydrogen-bond donors (Lipinski definition) is 2. The van der Waals surface area contributed by atoms with Gasteiger partial charge in [0.25, 0.3) is 0 Å². The Hall–Kier alpha value is 0.310. The molecule has 1 saturated carbocycles. The molecular formula is C7H15NS. The van der Waals surface area contributed by atoms with Gasteiger partial charge in [-0.3, -0.25) is 0 Å². The lowest BCUT2D eigenvalue weighted by molar-refractivity contribution is 0.381. The molecule has 1 aliphatic carbocycles. The fourth-order valence-corrected chi connectivity index (χ4v) is 1.52. The van der Waals surface area contributed by atoms with Gasteiger partial charge in [-0.25, -0.2) is 0 Å². The van der Waals surface area contributed by atoms with Gasteiger partial charge in [-0.2, -0.15) is 12.6 Å². The van der Waals surface area contributed by atoms with Gasteiger partial charge in [0.1, 0.15) is 0 Å². The number of thiol groups is 1. The monoisotopic (exact) mass is 145 g/mol. The molecular weight excluding hydrogens is 130 g/mol.